The molecule has 0 spiro atoms. The van der Waals surface area contributed by atoms with Gasteiger partial charge in [0.2, 0.25) is 5.91 Å². The first-order chi connectivity index (χ1) is 9.15. The number of benzene rings is 1. The molecule has 1 aliphatic rings. The second-order valence-corrected chi connectivity index (χ2v) is 4.97. The zero-order valence-corrected chi connectivity index (χ0v) is 11.2. The lowest BCUT2D eigenvalue weighted by Gasteiger charge is -2.31. The number of hydrogen-bond donors (Lipinski definition) is 2. The highest BCUT2D eigenvalue weighted by molar-refractivity contribution is 5.92. The highest BCUT2D eigenvalue weighted by atomic mass is 19.1. The van der Waals surface area contributed by atoms with Gasteiger partial charge in [-0.1, -0.05) is 0 Å². The van der Waals surface area contributed by atoms with Crippen LogP contribution in [0.5, 0.6) is 0 Å². The van der Waals surface area contributed by atoms with Crippen LogP contribution in [0.2, 0.25) is 0 Å². The van der Waals surface area contributed by atoms with Crippen LogP contribution in [0.15, 0.2) is 24.3 Å². The summed E-state index contributed by atoms with van der Waals surface area (Å²) in [6.07, 6.45) is 2.27. The lowest BCUT2D eigenvalue weighted by molar-refractivity contribution is -0.117. The van der Waals surface area contributed by atoms with Crippen LogP contribution in [0.25, 0.3) is 0 Å². The normalized spacial score (nSPS) is 19.4. The molecule has 0 radical (unpaired) electrons. The van der Waals surface area contributed by atoms with Gasteiger partial charge in [-0.2, -0.15) is 0 Å². The van der Waals surface area contributed by atoms with Crippen molar-refractivity contribution in [2.24, 2.45) is 0 Å². The van der Waals surface area contributed by atoms with E-state index in [4.69, 9.17) is 0 Å². The van der Waals surface area contributed by atoms with Gasteiger partial charge in [-0.3, -0.25) is 9.69 Å². The van der Waals surface area contributed by atoms with Gasteiger partial charge in [-0.05, 0) is 50.7 Å². The summed E-state index contributed by atoms with van der Waals surface area (Å²) in [5.41, 5.74) is 0.626. The van der Waals surface area contributed by atoms with E-state index in [0.717, 1.165) is 25.9 Å². The predicted octanol–water partition coefficient (Wildman–Crippen LogP) is 1.45. The number of likely N-dealkylation sites (N-methyl/N-ethyl adjacent to an activating group) is 1. The van der Waals surface area contributed by atoms with Gasteiger partial charge in [-0.25, -0.2) is 4.39 Å². The van der Waals surface area contributed by atoms with E-state index in [-0.39, 0.29) is 11.7 Å². The Morgan fingerprint density at radius 3 is 2.84 bits per heavy atom. The van der Waals surface area contributed by atoms with Crippen LogP contribution >= 0.6 is 0 Å². The van der Waals surface area contributed by atoms with E-state index in [1.165, 1.54) is 12.1 Å². The molecule has 1 saturated heterocycles. The zero-order chi connectivity index (χ0) is 13.7. The molecule has 1 fully saturated rings. The Kier molecular flexibility index (Phi) is 4.87. The molecular weight excluding hydrogens is 245 g/mol. The van der Waals surface area contributed by atoms with E-state index < -0.39 is 0 Å². The van der Waals surface area contributed by atoms with Gasteiger partial charge >= 0.3 is 0 Å². The summed E-state index contributed by atoms with van der Waals surface area (Å²) < 4.78 is 12.7. The first-order valence-electron chi connectivity index (χ1n) is 6.61. The molecule has 5 heteroatoms. The van der Waals surface area contributed by atoms with Crippen LogP contribution in [-0.4, -0.2) is 43.5 Å². The van der Waals surface area contributed by atoms with E-state index in [0.29, 0.717) is 18.3 Å². The minimum atomic E-state index is -0.302. The summed E-state index contributed by atoms with van der Waals surface area (Å²) in [4.78, 5) is 13.9. The van der Waals surface area contributed by atoms with Gasteiger partial charge in [0.05, 0.1) is 6.54 Å². The Balaban J connectivity index is 1.81. The van der Waals surface area contributed by atoms with E-state index in [9.17, 15) is 9.18 Å². The van der Waals surface area contributed by atoms with E-state index in [2.05, 4.69) is 15.5 Å². The topological polar surface area (TPSA) is 44.4 Å². The van der Waals surface area contributed by atoms with Gasteiger partial charge in [0.25, 0.3) is 0 Å². The number of carbonyl (C=O) groups excluding carboxylic acids is 1. The Morgan fingerprint density at radius 2 is 2.21 bits per heavy atom. The first kappa shape index (κ1) is 14.0. The number of nitrogens with zero attached hydrogens (tertiary/aromatic N) is 1. The fourth-order valence-electron chi connectivity index (χ4n) is 2.30. The minimum absolute atomic E-state index is 0.0697. The molecule has 1 aliphatic heterocycles. The summed E-state index contributed by atoms with van der Waals surface area (Å²) in [5.74, 6) is -0.372. The maximum absolute atomic E-state index is 12.7. The number of hydrogen-bond acceptors (Lipinski definition) is 3. The third kappa shape index (κ3) is 4.29. The van der Waals surface area contributed by atoms with E-state index >= 15 is 0 Å². The molecule has 1 atom stereocenters. The van der Waals surface area contributed by atoms with Gasteiger partial charge < -0.3 is 10.6 Å². The molecule has 4 nitrogen and oxygen atoms in total. The third-order valence-electron chi connectivity index (χ3n) is 3.42. The molecule has 1 aromatic carbocycles. The lowest BCUT2D eigenvalue weighted by atomic mass is 10.1. The van der Waals surface area contributed by atoms with Crippen molar-refractivity contribution in [3.63, 3.8) is 0 Å². The number of piperidine rings is 1. The number of anilines is 1. The van der Waals surface area contributed by atoms with Crippen molar-refractivity contribution >= 4 is 11.6 Å². The number of amides is 1. The first-order valence-corrected chi connectivity index (χ1v) is 6.61. The Bertz CT molecular complexity index is 415. The highest BCUT2D eigenvalue weighted by Crippen LogP contribution is 2.10. The van der Waals surface area contributed by atoms with Crippen molar-refractivity contribution in [1.82, 2.24) is 10.2 Å². The molecule has 104 valence electrons. The van der Waals surface area contributed by atoms with Crippen molar-refractivity contribution in [3.05, 3.63) is 30.1 Å². The maximum atomic E-state index is 12.7. The van der Waals surface area contributed by atoms with E-state index in [1.807, 2.05) is 7.05 Å². The molecule has 1 aromatic rings. The monoisotopic (exact) mass is 265 g/mol. The smallest absolute Gasteiger partial charge is 0.238 e. The third-order valence-corrected chi connectivity index (χ3v) is 3.42. The van der Waals surface area contributed by atoms with Crippen LogP contribution in [0.1, 0.15) is 12.8 Å². The molecule has 2 N–H and O–H groups in total. The van der Waals surface area contributed by atoms with Crippen molar-refractivity contribution in [1.29, 1.82) is 0 Å². The molecule has 2 rings (SSSR count). The van der Waals surface area contributed by atoms with Crippen LogP contribution < -0.4 is 10.6 Å². The van der Waals surface area contributed by atoms with Crippen molar-refractivity contribution in [3.8, 4) is 0 Å². The molecule has 1 unspecified atom stereocenters. The Morgan fingerprint density at radius 1 is 1.47 bits per heavy atom. The van der Waals surface area contributed by atoms with Crippen molar-refractivity contribution in [2.45, 2.75) is 18.9 Å². The average Bonchev–Trinajstić information content (AvgIpc) is 2.42. The number of carbonyl (C=O) groups is 1. The standard InChI is InChI=1S/C14H20FN3O/c1-18(13-3-2-8-16-9-13)10-14(19)17-12-6-4-11(15)5-7-12/h4-7,13,16H,2-3,8-10H2,1H3,(H,17,19). The summed E-state index contributed by atoms with van der Waals surface area (Å²) in [5, 5.41) is 6.10. The highest BCUT2D eigenvalue weighted by Gasteiger charge is 2.19. The molecule has 0 aliphatic carbocycles. The van der Waals surface area contributed by atoms with Gasteiger partial charge in [0.15, 0.2) is 0 Å². The summed E-state index contributed by atoms with van der Waals surface area (Å²) in [7, 11) is 1.96. The fourth-order valence-corrected chi connectivity index (χ4v) is 2.30. The minimum Gasteiger partial charge on any atom is -0.325 e. The van der Waals surface area contributed by atoms with Crippen LogP contribution in [0, 0.1) is 5.82 Å². The SMILES string of the molecule is CN(CC(=O)Nc1ccc(F)cc1)C1CCCNC1. The van der Waals surface area contributed by atoms with Crippen LogP contribution in [0.4, 0.5) is 10.1 Å². The zero-order valence-electron chi connectivity index (χ0n) is 11.2. The van der Waals surface area contributed by atoms with Gasteiger partial charge in [0, 0.05) is 18.3 Å². The summed E-state index contributed by atoms with van der Waals surface area (Å²) in [6, 6.07) is 6.22. The fraction of sp³-hybridized carbons (Fsp3) is 0.500. The van der Waals surface area contributed by atoms with E-state index in [1.54, 1.807) is 12.1 Å². The summed E-state index contributed by atoms with van der Waals surface area (Å²) in [6.45, 7) is 2.34. The summed E-state index contributed by atoms with van der Waals surface area (Å²) >= 11 is 0. The number of nitrogens with one attached hydrogen (secondary N) is 2. The van der Waals surface area contributed by atoms with Crippen LogP contribution in [0.3, 0.4) is 0 Å². The maximum Gasteiger partial charge on any atom is 0.238 e. The molecule has 19 heavy (non-hydrogen) atoms. The van der Waals surface area contributed by atoms with Gasteiger partial charge in [-0.15, -0.1) is 0 Å². The Hall–Kier alpha value is -1.46. The quantitative estimate of drug-likeness (QED) is 0.866. The predicted molar refractivity (Wildman–Crippen MR) is 73.6 cm³/mol. The molecule has 1 heterocycles. The number of rotatable bonds is 4. The van der Waals surface area contributed by atoms with Crippen LogP contribution in [-0.2, 0) is 4.79 Å². The lowest BCUT2D eigenvalue weighted by Crippen LogP contribution is -2.46. The molecular formula is C14H20FN3O. The Labute approximate surface area is 113 Å². The van der Waals surface area contributed by atoms with Crippen molar-refractivity contribution < 1.29 is 9.18 Å². The van der Waals surface area contributed by atoms with Gasteiger partial charge in [0.1, 0.15) is 5.82 Å². The van der Waals surface area contributed by atoms with Crippen molar-refractivity contribution in [2.75, 3.05) is 32.0 Å². The average molecular weight is 265 g/mol. The largest absolute Gasteiger partial charge is 0.325 e. The molecule has 0 bridgehead atoms. The molecule has 0 aromatic heterocycles. The second kappa shape index (κ2) is 6.63. The second-order valence-electron chi connectivity index (χ2n) is 4.97. The molecule has 1 amide bonds. The number of halogens is 1. The molecule has 0 saturated carbocycles.